The van der Waals surface area contributed by atoms with Crippen LogP contribution in [-0.2, 0) is 13.5 Å². The summed E-state index contributed by atoms with van der Waals surface area (Å²) in [4.78, 5) is 0. The highest BCUT2D eigenvalue weighted by atomic mass is 35.5. The number of benzene rings is 1. The van der Waals surface area contributed by atoms with Gasteiger partial charge in [0.05, 0.1) is 10.5 Å². The lowest BCUT2D eigenvalue weighted by Gasteiger charge is -2.07. The molecule has 1 heterocycles. The van der Waals surface area contributed by atoms with Crippen molar-refractivity contribution >= 4 is 22.5 Å². The number of hydrogen-bond donors (Lipinski definition) is 0. The third kappa shape index (κ3) is 1.24. The molecule has 2 aromatic rings. The van der Waals surface area contributed by atoms with Crippen molar-refractivity contribution in [3.8, 4) is 0 Å². The molecule has 1 nitrogen and oxygen atoms in total. The van der Waals surface area contributed by atoms with Crippen LogP contribution in [0.2, 0.25) is 5.02 Å². The van der Waals surface area contributed by atoms with E-state index in [1.54, 1.807) is 0 Å². The first kappa shape index (κ1) is 9.60. The van der Waals surface area contributed by atoms with E-state index < -0.39 is 0 Å². The molecular weight excluding hydrogens is 194 g/mol. The van der Waals surface area contributed by atoms with Gasteiger partial charge in [-0.3, -0.25) is 0 Å². The Bertz CT molecular complexity index is 483. The summed E-state index contributed by atoms with van der Waals surface area (Å²) in [5, 5.41) is 2.01. The van der Waals surface area contributed by atoms with Gasteiger partial charge in [0.15, 0.2) is 0 Å². The molecule has 0 saturated carbocycles. The maximum atomic E-state index is 6.14. The van der Waals surface area contributed by atoms with Gasteiger partial charge in [0, 0.05) is 18.6 Å². The molecule has 0 amide bonds. The van der Waals surface area contributed by atoms with Gasteiger partial charge >= 0.3 is 0 Å². The Hall–Kier alpha value is -0.950. The van der Waals surface area contributed by atoms with Crippen molar-refractivity contribution in [3.63, 3.8) is 0 Å². The van der Waals surface area contributed by atoms with Crippen molar-refractivity contribution in [2.24, 2.45) is 7.05 Å². The van der Waals surface area contributed by atoms with E-state index in [9.17, 15) is 0 Å². The maximum absolute atomic E-state index is 6.14. The predicted octanol–water partition coefficient (Wildman–Crippen LogP) is 3.70. The van der Waals surface area contributed by atoms with Crippen molar-refractivity contribution in [1.29, 1.82) is 0 Å². The molecule has 0 aliphatic rings. The van der Waals surface area contributed by atoms with Crippen LogP contribution in [0.1, 0.15) is 18.1 Å². The molecule has 14 heavy (non-hydrogen) atoms. The molecule has 2 heteroatoms. The number of fused-ring (bicyclic) bond motifs is 1. The minimum Gasteiger partial charge on any atom is -0.349 e. The van der Waals surface area contributed by atoms with Gasteiger partial charge in [-0.05, 0) is 24.5 Å². The minimum atomic E-state index is 0.845. The van der Waals surface area contributed by atoms with Crippen LogP contribution in [0.3, 0.4) is 0 Å². The summed E-state index contributed by atoms with van der Waals surface area (Å²) in [6.07, 6.45) is 3.03. The largest absolute Gasteiger partial charge is 0.349 e. The van der Waals surface area contributed by atoms with E-state index in [4.69, 9.17) is 11.6 Å². The van der Waals surface area contributed by atoms with Gasteiger partial charge in [-0.25, -0.2) is 0 Å². The fourth-order valence-electron chi connectivity index (χ4n) is 2.08. The quantitative estimate of drug-likeness (QED) is 0.672. The fraction of sp³-hybridized carbons (Fsp3) is 0.333. The molecule has 0 fully saturated rings. The van der Waals surface area contributed by atoms with Gasteiger partial charge in [-0.2, -0.15) is 0 Å². The average Bonchev–Trinajstić information content (AvgIpc) is 2.43. The number of halogens is 1. The molecule has 0 atom stereocenters. The monoisotopic (exact) mass is 207 g/mol. The van der Waals surface area contributed by atoms with E-state index in [1.165, 1.54) is 16.6 Å². The lowest BCUT2D eigenvalue weighted by molar-refractivity contribution is 0.952. The first-order valence-corrected chi connectivity index (χ1v) is 5.26. The van der Waals surface area contributed by atoms with Gasteiger partial charge in [-0.1, -0.05) is 30.7 Å². The highest BCUT2D eigenvalue weighted by Crippen LogP contribution is 2.29. The topological polar surface area (TPSA) is 4.93 Å². The molecule has 74 valence electrons. The summed E-state index contributed by atoms with van der Waals surface area (Å²) < 4.78 is 2.11. The predicted molar refractivity (Wildman–Crippen MR) is 62.0 cm³/mol. The SMILES string of the molecule is CCc1c(C)ccc2c(Cl)cn(C)c12. The van der Waals surface area contributed by atoms with Crippen molar-refractivity contribution in [2.45, 2.75) is 20.3 Å². The van der Waals surface area contributed by atoms with E-state index >= 15 is 0 Å². The molecule has 1 aromatic carbocycles. The van der Waals surface area contributed by atoms with Crippen LogP contribution in [0, 0.1) is 6.92 Å². The zero-order valence-electron chi connectivity index (χ0n) is 8.76. The lowest BCUT2D eigenvalue weighted by atomic mass is 10.0. The maximum Gasteiger partial charge on any atom is 0.0661 e. The van der Waals surface area contributed by atoms with E-state index in [0.717, 1.165) is 16.8 Å². The van der Waals surface area contributed by atoms with Crippen LogP contribution in [0.15, 0.2) is 18.3 Å². The van der Waals surface area contributed by atoms with Gasteiger partial charge < -0.3 is 4.57 Å². The van der Waals surface area contributed by atoms with Crippen LogP contribution >= 0.6 is 11.6 Å². The van der Waals surface area contributed by atoms with Crippen molar-refractivity contribution in [3.05, 3.63) is 34.5 Å². The molecule has 0 radical (unpaired) electrons. The Morgan fingerprint density at radius 1 is 1.36 bits per heavy atom. The number of aromatic nitrogens is 1. The highest BCUT2D eigenvalue weighted by Gasteiger charge is 2.09. The summed E-state index contributed by atoms with van der Waals surface area (Å²) in [5.74, 6) is 0. The third-order valence-electron chi connectivity index (χ3n) is 2.79. The Morgan fingerprint density at radius 3 is 2.71 bits per heavy atom. The van der Waals surface area contributed by atoms with Crippen LogP contribution < -0.4 is 0 Å². The van der Waals surface area contributed by atoms with Crippen LogP contribution in [0.4, 0.5) is 0 Å². The van der Waals surface area contributed by atoms with Crippen LogP contribution in [0.5, 0.6) is 0 Å². The summed E-state index contributed by atoms with van der Waals surface area (Å²) >= 11 is 6.14. The first-order valence-electron chi connectivity index (χ1n) is 4.88. The summed E-state index contributed by atoms with van der Waals surface area (Å²) in [6.45, 7) is 4.34. The van der Waals surface area contributed by atoms with Crippen molar-refractivity contribution in [2.75, 3.05) is 0 Å². The second-order valence-electron chi connectivity index (χ2n) is 3.70. The zero-order chi connectivity index (χ0) is 10.3. The number of hydrogen-bond acceptors (Lipinski definition) is 0. The molecule has 0 saturated heterocycles. The average molecular weight is 208 g/mol. The Morgan fingerprint density at radius 2 is 2.07 bits per heavy atom. The summed E-state index contributed by atoms with van der Waals surface area (Å²) in [7, 11) is 2.05. The van der Waals surface area contributed by atoms with E-state index in [0.29, 0.717) is 0 Å². The highest BCUT2D eigenvalue weighted by molar-refractivity contribution is 6.35. The number of rotatable bonds is 1. The molecule has 0 bridgehead atoms. The lowest BCUT2D eigenvalue weighted by Crippen LogP contribution is -1.93. The second kappa shape index (κ2) is 3.32. The molecule has 1 aromatic heterocycles. The van der Waals surface area contributed by atoms with Crippen LogP contribution in [-0.4, -0.2) is 4.57 Å². The number of aryl methyl sites for hydroxylation is 3. The summed E-state index contributed by atoms with van der Waals surface area (Å²) in [6, 6.07) is 4.25. The molecule has 0 aliphatic carbocycles. The van der Waals surface area contributed by atoms with E-state index in [-0.39, 0.29) is 0 Å². The van der Waals surface area contributed by atoms with Crippen LogP contribution in [0.25, 0.3) is 10.9 Å². The number of nitrogens with zero attached hydrogens (tertiary/aromatic N) is 1. The van der Waals surface area contributed by atoms with Crippen molar-refractivity contribution < 1.29 is 0 Å². The van der Waals surface area contributed by atoms with Gasteiger partial charge in [0.2, 0.25) is 0 Å². The molecule has 0 spiro atoms. The third-order valence-corrected chi connectivity index (χ3v) is 3.09. The summed E-state index contributed by atoms with van der Waals surface area (Å²) in [5.41, 5.74) is 4.02. The molecule has 0 aliphatic heterocycles. The molecule has 2 rings (SSSR count). The fourth-order valence-corrected chi connectivity index (χ4v) is 2.38. The van der Waals surface area contributed by atoms with Gasteiger partial charge in [0.1, 0.15) is 0 Å². The normalized spacial score (nSPS) is 11.1. The smallest absolute Gasteiger partial charge is 0.0661 e. The molecular formula is C12H14ClN. The zero-order valence-corrected chi connectivity index (χ0v) is 9.52. The minimum absolute atomic E-state index is 0.845. The van der Waals surface area contributed by atoms with Crippen molar-refractivity contribution in [1.82, 2.24) is 4.57 Å². The Labute approximate surface area is 89.3 Å². The van der Waals surface area contributed by atoms with Gasteiger partial charge in [-0.15, -0.1) is 0 Å². The molecule has 0 unspecified atom stereocenters. The Kier molecular flexibility index (Phi) is 2.28. The Balaban J connectivity index is 2.92. The standard InChI is InChI=1S/C12H14ClN/c1-4-9-8(2)5-6-10-11(13)7-14(3)12(9)10/h5-7H,4H2,1-3H3. The first-order chi connectivity index (χ1) is 6.65. The van der Waals surface area contributed by atoms with Gasteiger partial charge in [0.25, 0.3) is 0 Å². The molecule has 0 N–H and O–H groups in total. The second-order valence-corrected chi connectivity index (χ2v) is 4.11. The van der Waals surface area contributed by atoms with E-state index in [1.807, 2.05) is 13.2 Å². The van der Waals surface area contributed by atoms with E-state index in [2.05, 4.69) is 30.5 Å².